The number of hydrogen-bond donors (Lipinski definition) is 3. The molecule has 1 aliphatic rings. The molecule has 3 heterocycles. The van der Waals surface area contributed by atoms with Crippen molar-refractivity contribution >= 4 is 27.6 Å². The normalized spacial score (nSPS) is 15.1. The molecular weight excluding hydrogens is 254 g/mol. The van der Waals surface area contributed by atoms with Crippen LogP contribution in [0, 0.1) is 0 Å². The van der Waals surface area contributed by atoms with Gasteiger partial charge in [-0.2, -0.15) is 0 Å². The average Bonchev–Trinajstić information content (AvgIpc) is 2.72. The van der Waals surface area contributed by atoms with E-state index in [1.165, 1.54) is 0 Å². The summed E-state index contributed by atoms with van der Waals surface area (Å²) in [7, 11) is 0. The zero-order valence-corrected chi connectivity index (χ0v) is 10.7. The maximum Gasteiger partial charge on any atom is 0.253 e. The molecule has 5 heteroatoms. The SMILES string of the molecule is O=C1NCCCc2[nH]c3c(ccc4c[nH]c(=O)cc43)c21. The summed E-state index contributed by atoms with van der Waals surface area (Å²) in [6.45, 7) is 0.704. The van der Waals surface area contributed by atoms with Gasteiger partial charge in [-0.15, -0.1) is 0 Å². The van der Waals surface area contributed by atoms with Crippen molar-refractivity contribution in [2.75, 3.05) is 6.54 Å². The second kappa shape index (κ2) is 3.96. The number of rotatable bonds is 0. The Morgan fingerprint density at radius 3 is 2.90 bits per heavy atom. The van der Waals surface area contributed by atoms with Crippen LogP contribution in [-0.4, -0.2) is 22.4 Å². The highest BCUT2D eigenvalue weighted by molar-refractivity contribution is 6.15. The second-order valence-corrected chi connectivity index (χ2v) is 5.13. The first-order valence-corrected chi connectivity index (χ1v) is 6.68. The summed E-state index contributed by atoms with van der Waals surface area (Å²) in [5.74, 6) is -0.0343. The van der Waals surface area contributed by atoms with Gasteiger partial charge in [0, 0.05) is 40.7 Å². The number of hydrogen-bond acceptors (Lipinski definition) is 2. The molecule has 3 N–H and O–H groups in total. The highest BCUT2D eigenvalue weighted by Gasteiger charge is 2.21. The minimum atomic E-state index is -0.140. The number of nitrogens with one attached hydrogen (secondary N) is 3. The predicted octanol–water partition coefficient (Wildman–Crippen LogP) is 1.69. The molecule has 4 rings (SSSR count). The van der Waals surface area contributed by atoms with Crippen molar-refractivity contribution in [3.8, 4) is 0 Å². The third kappa shape index (κ3) is 1.49. The Bertz CT molecular complexity index is 905. The van der Waals surface area contributed by atoms with Crippen LogP contribution in [0.25, 0.3) is 21.7 Å². The number of fused-ring (bicyclic) bond motifs is 5. The number of aryl methyl sites for hydroxylation is 1. The summed E-state index contributed by atoms with van der Waals surface area (Å²) < 4.78 is 0. The molecule has 0 saturated carbocycles. The van der Waals surface area contributed by atoms with Crippen molar-refractivity contribution in [2.45, 2.75) is 12.8 Å². The molecule has 0 atom stereocenters. The third-order valence-electron chi connectivity index (χ3n) is 3.89. The third-order valence-corrected chi connectivity index (χ3v) is 3.89. The first-order valence-electron chi connectivity index (χ1n) is 6.68. The Morgan fingerprint density at radius 2 is 2.00 bits per heavy atom. The van der Waals surface area contributed by atoms with Crippen molar-refractivity contribution in [2.24, 2.45) is 0 Å². The highest BCUT2D eigenvalue weighted by atomic mass is 16.1. The number of pyridine rings is 1. The van der Waals surface area contributed by atoms with E-state index in [0.29, 0.717) is 6.54 Å². The van der Waals surface area contributed by atoms with E-state index in [-0.39, 0.29) is 11.5 Å². The minimum absolute atomic E-state index is 0.0343. The Kier molecular flexibility index (Phi) is 2.24. The maximum atomic E-state index is 12.2. The van der Waals surface area contributed by atoms with E-state index in [1.54, 1.807) is 12.3 Å². The molecule has 20 heavy (non-hydrogen) atoms. The van der Waals surface area contributed by atoms with Crippen LogP contribution in [0.2, 0.25) is 0 Å². The van der Waals surface area contributed by atoms with Gasteiger partial charge >= 0.3 is 0 Å². The minimum Gasteiger partial charge on any atom is -0.357 e. The summed E-state index contributed by atoms with van der Waals surface area (Å²) >= 11 is 0. The van der Waals surface area contributed by atoms with Gasteiger partial charge in [0.05, 0.1) is 11.1 Å². The van der Waals surface area contributed by atoms with Crippen molar-refractivity contribution in [1.82, 2.24) is 15.3 Å². The lowest BCUT2D eigenvalue weighted by molar-refractivity contribution is 0.0957. The van der Waals surface area contributed by atoms with Gasteiger partial charge in [0.15, 0.2) is 0 Å². The number of carbonyl (C=O) groups is 1. The van der Waals surface area contributed by atoms with E-state index in [4.69, 9.17) is 0 Å². The first kappa shape index (κ1) is 11.3. The fourth-order valence-corrected chi connectivity index (χ4v) is 2.96. The van der Waals surface area contributed by atoms with Gasteiger partial charge in [-0.1, -0.05) is 12.1 Å². The average molecular weight is 267 g/mol. The summed E-state index contributed by atoms with van der Waals surface area (Å²) in [6.07, 6.45) is 3.46. The van der Waals surface area contributed by atoms with Crippen LogP contribution in [-0.2, 0) is 6.42 Å². The summed E-state index contributed by atoms with van der Waals surface area (Å²) in [5, 5.41) is 5.60. The fourth-order valence-electron chi connectivity index (χ4n) is 2.96. The molecule has 1 amide bonds. The Labute approximate surface area is 114 Å². The van der Waals surface area contributed by atoms with E-state index in [1.807, 2.05) is 12.1 Å². The number of aromatic nitrogens is 2. The van der Waals surface area contributed by atoms with E-state index in [2.05, 4.69) is 15.3 Å². The van der Waals surface area contributed by atoms with E-state index in [9.17, 15) is 9.59 Å². The van der Waals surface area contributed by atoms with Crippen molar-refractivity contribution in [1.29, 1.82) is 0 Å². The van der Waals surface area contributed by atoms with Gasteiger partial charge in [0.25, 0.3) is 5.91 Å². The molecule has 1 aliphatic heterocycles. The van der Waals surface area contributed by atoms with Crippen LogP contribution in [0.15, 0.2) is 29.2 Å². The monoisotopic (exact) mass is 267 g/mol. The molecule has 0 bridgehead atoms. The smallest absolute Gasteiger partial charge is 0.253 e. The molecule has 5 nitrogen and oxygen atoms in total. The topological polar surface area (TPSA) is 77.8 Å². The van der Waals surface area contributed by atoms with Crippen LogP contribution in [0.4, 0.5) is 0 Å². The van der Waals surface area contributed by atoms with Gasteiger partial charge in [-0.25, -0.2) is 0 Å². The van der Waals surface area contributed by atoms with E-state index >= 15 is 0 Å². The van der Waals surface area contributed by atoms with Crippen molar-refractivity contribution in [3.05, 3.63) is 46.0 Å². The predicted molar refractivity (Wildman–Crippen MR) is 77.1 cm³/mol. The van der Waals surface area contributed by atoms with Crippen LogP contribution in [0.3, 0.4) is 0 Å². The van der Waals surface area contributed by atoms with Crippen molar-refractivity contribution < 1.29 is 4.79 Å². The standard InChI is InChI=1S/C15H13N3O2/c19-12-6-10-8(7-17-12)3-4-9-13-11(18-14(9)10)2-1-5-16-15(13)20/h3-4,6-7,18H,1-2,5H2,(H,16,20)(H,17,19). The Hall–Kier alpha value is -2.56. The number of aromatic amines is 2. The zero-order chi connectivity index (χ0) is 13.7. The lowest BCUT2D eigenvalue weighted by atomic mass is 10.1. The molecule has 1 aromatic carbocycles. The Morgan fingerprint density at radius 1 is 1.10 bits per heavy atom. The number of carbonyl (C=O) groups excluding carboxylic acids is 1. The Balaban J connectivity index is 2.15. The first-order chi connectivity index (χ1) is 9.74. The van der Waals surface area contributed by atoms with Gasteiger partial charge < -0.3 is 15.3 Å². The van der Waals surface area contributed by atoms with Crippen LogP contribution in [0.1, 0.15) is 22.5 Å². The molecule has 0 radical (unpaired) electrons. The molecule has 0 spiro atoms. The molecular formula is C15H13N3O2. The molecule has 0 unspecified atom stereocenters. The molecule has 2 aromatic heterocycles. The highest BCUT2D eigenvalue weighted by Crippen LogP contribution is 2.29. The molecule has 0 saturated heterocycles. The summed E-state index contributed by atoms with van der Waals surface area (Å²) in [4.78, 5) is 29.7. The lowest BCUT2D eigenvalue weighted by Crippen LogP contribution is -2.22. The van der Waals surface area contributed by atoms with Gasteiger partial charge in [0.2, 0.25) is 5.56 Å². The fraction of sp³-hybridized carbons (Fsp3) is 0.200. The zero-order valence-electron chi connectivity index (χ0n) is 10.7. The van der Waals surface area contributed by atoms with Crippen LogP contribution in [0.5, 0.6) is 0 Å². The van der Waals surface area contributed by atoms with Gasteiger partial charge in [0.1, 0.15) is 0 Å². The van der Waals surface area contributed by atoms with Crippen molar-refractivity contribution in [3.63, 3.8) is 0 Å². The molecule has 0 fully saturated rings. The maximum absolute atomic E-state index is 12.2. The molecule has 100 valence electrons. The van der Waals surface area contributed by atoms with E-state index < -0.39 is 0 Å². The van der Waals surface area contributed by atoms with E-state index in [0.717, 1.165) is 45.8 Å². The lowest BCUT2D eigenvalue weighted by Gasteiger charge is -2.01. The van der Waals surface area contributed by atoms with Gasteiger partial charge in [-0.05, 0) is 12.8 Å². The second-order valence-electron chi connectivity index (χ2n) is 5.13. The van der Waals surface area contributed by atoms with Crippen LogP contribution >= 0.6 is 0 Å². The van der Waals surface area contributed by atoms with Crippen LogP contribution < -0.4 is 10.9 Å². The largest absolute Gasteiger partial charge is 0.357 e. The number of benzene rings is 1. The quantitative estimate of drug-likeness (QED) is 0.579. The molecule has 0 aliphatic carbocycles. The summed E-state index contributed by atoms with van der Waals surface area (Å²) in [5.41, 5.74) is 2.41. The summed E-state index contributed by atoms with van der Waals surface area (Å²) in [6, 6.07) is 5.45. The number of H-pyrrole nitrogens is 2. The molecule has 3 aromatic rings. The number of amides is 1. The van der Waals surface area contributed by atoms with Gasteiger partial charge in [-0.3, -0.25) is 9.59 Å².